The van der Waals surface area contributed by atoms with Gasteiger partial charge in [-0.2, -0.15) is 10.2 Å². The van der Waals surface area contributed by atoms with E-state index in [9.17, 15) is 4.79 Å². The summed E-state index contributed by atoms with van der Waals surface area (Å²) >= 11 is 6.15. The van der Waals surface area contributed by atoms with Crippen molar-refractivity contribution in [1.29, 1.82) is 0 Å². The number of nitrogens with zero attached hydrogens (tertiary/aromatic N) is 4. The Bertz CT molecular complexity index is 603. The number of hydrogen-bond donors (Lipinski definition) is 0. The van der Waals surface area contributed by atoms with E-state index in [2.05, 4.69) is 10.2 Å². The van der Waals surface area contributed by atoms with Crippen LogP contribution in [0.3, 0.4) is 0 Å². The van der Waals surface area contributed by atoms with Crippen LogP contribution in [0.5, 0.6) is 0 Å². The maximum atomic E-state index is 11.5. The summed E-state index contributed by atoms with van der Waals surface area (Å²) in [7, 11) is 1.78. The summed E-state index contributed by atoms with van der Waals surface area (Å²) in [5.41, 5.74) is 2.17. The molecule has 0 radical (unpaired) electrons. The van der Waals surface area contributed by atoms with Crippen molar-refractivity contribution in [3.8, 4) is 0 Å². The lowest BCUT2D eigenvalue weighted by Crippen LogP contribution is -2.04. The van der Waals surface area contributed by atoms with Crippen LogP contribution in [-0.2, 0) is 18.3 Å². The first-order valence-corrected chi connectivity index (χ1v) is 6.28. The molecule has 0 fully saturated rings. The fourth-order valence-corrected chi connectivity index (χ4v) is 2.02. The normalized spacial score (nSPS) is 10.7. The van der Waals surface area contributed by atoms with Crippen molar-refractivity contribution in [2.75, 3.05) is 6.61 Å². The van der Waals surface area contributed by atoms with E-state index in [-0.39, 0.29) is 5.97 Å². The van der Waals surface area contributed by atoms with Crippen LogP contribution in [0.1, 0.15) is 28.5 Å². The Balaban J connectivity index is 2.18. The SMILES string of the molecule is CCOC(=O)c1cnn(Cc2c(C)nn(C)c2Cl)c1. The molecule has 0 bridgehead atoms. The summed E-state index contributed by atoms with van der Waals surface area (Å²) in [6.07, 6.45) is 3.12. The van der Waals surface area contributed by atoms with E-state index >= 15 is 0 Å². The summed E-state index contributed by atoms with van der Waals surface area (Å²) in [5, 5.41) is 8.93. The third kappa shape index (κ3) is 2.78. The van der Waals surface area contributed by atoms with Gasteiger partial charge >= 0.3 is 5.97 Å². The number of carbonyl (C=O) groups excluding carboxylic acids is 1. The van der Waals surface area contributed by atoms with Crippen molar-refractivity contribution < 1.29 is 9.53 Å². The summed E-state index contributed by atoms with van der Waals surface area (Å²) in [5.74, 6) is -0.372. The molecule has 2 rings (SSSR count). The molecule has 7 heteroatoms. The lowest BCUT2D eigenvalue weighted by atomic mass is 10.2. The fourth-order valence-electron chi connectivity index (χ4n) is 1.79. The zero-order valence-corrected chi connectivity index (χ0v) is 11.8. The third-order valence-electron chi connectivity index (χ3n) is 2.73. The van der Waals surface area contributed by atoms with Crippen LogP contribution in [0.4, 0.5) is 0 Å². The van der Waals surface area contributed by atoms with Crippen molar-refractivity contribution in [2.45, 2.75) is 20.4 Å². The van der Waals surface area contributed by atoms with E-state index in [1.165, 1.54) is 6.20 Å². The van der Waals surface area contributed by atoms with Gasteiger partial charge in [0.1, 0.15) is 5.15 Å². The number of hydrogen-bond acceptors (Lipinski definition) is 4. The largest absolute Gasteiger partial charge is 0.462 e. The lowest BCUT2D eigenvalue weighted by molar-refractivity contribution is 0.0526. The molecule has 0 amide bonds. The van der Waals surface area contributed by atoms with Crippen molar-refractivity contribution in [1.82, 2.24) is 19.6 Å². The Labute approximate surface area is 115 Å². The Morgan fingerprint density at radius 3 is 2.84 bits per heavy atom. The molecule has 0 N–H and O–H groups in total. The summed E-state index contributed by atoms with van der Waals surface area (Å²) < 4.78 is 8.16. The quantitative estimate of drug-likeness (QED) is 0.802. The molecule has 0 aliphatic heterocycles. The van der Waals surface area contributed by atoms with Gasteiger partial charge in [0.25, 0.3) is 0 Å². The monoisotopic (exact) mass is 282 g/mol. The molecule has 2 aromatic rings. The van der Waals surface area contributed by atoms with Crippen molar-refractivity contribution in [3.05, 3.63) is 34.4 Å². The third-order valence-corrected chi connectivity index (χ3v) is 3.21. The molecule has 0 aliphatic carbocycles. The van der Waals surface area contributed by atoms with Crippen LogP contribution in [0.15, 0.2) is 12.4 Å². The number of halogens is 1. The Morgan fingerprint density at radius 1 is 1.53 bits per heavy atom. The van der Waals surface area contributed by atoms with Crippen LogP contribution >= 0.6 is 11.6 Å². The Hall–Kier alpha value is -1.82. The van der Waals surface area contributed by atoms with E-state index in [0.717, 1.165) is 11.3 Å². The first kappa shape index (κ1) is 13.6. The Morgan fingerprint density at radius 2 is 2.26 bits per heavy atom. The number of carbonyl (C=O) groups is 1. The second-order valence-corrected chi connectivity index (χ2v) is 4.48. The fraction of sp³-hybridized carbons (Fsp3) is 0.417. The summed E-state index contributed by atoms with van der Waals surface area (Å²) in [6.45, 7) is 4.47. The van der Waals surface area contributed by atoms with Crippen molar-refractivity contribution >= 4 is 17.6 Å². The van der Waals surface area contributed by atoms with Crippen molar-refractivity contribution in [2.24, 2.45) is 7.05 Å². The standard InChI is InChI=1S/C12H15ClN4O2/c1-4-19-12(18)9-5-14-17(6-9)7-10-8(2)15-16(3)11(10)13/h5-6H,4,7H2,1-3H3. The predicted molar refractivity (Wildman–Crippen MR) is 70.2 cm³/mol. The van der Waals surface area contributed by atoms with E-state index in [1.807, 2.05) is 6.92 Å². The van der Waals surface area contributed by atoms with Gasteiger partial charge in [0.05, 0.1) is 30.6 Å². The van der Waals surface area contributed by atoms with Gasteiger partial charge in [-0.25, -0.2) is 4.79 Å². The van der Waals surface area contributed by atoms with Crippen LogP contribution in [0.2, 0.25) is 5.15 Å². The number of aromatic nitrogens is 4. The average Bonchev–Trinajstić information content (AvgIpc) is 2.91. The minimum absolute atomic E-state index is 0.345. The van der Waals surface area contributed by atoms with E-state index in [0.29, 0.717) is 23.9 Å². The molecular formula is C12H15ClN4O2. The van der Waals surface area contributed by atoms with Gasteiger partial charge in [-0.05, 0) is 13.8 Å². The molecule has 19 heavy (non-hydrogen) atoms. The van der Waals surface area contributed by atoms with Crippen LogP contribution in [0, 0.1) is 6.92 Å². The molecule has 0 unspecified atom stereocenters. The summed E-state index contributed by atoms with van der Waals surface area (Å²) in [6, 6.07) is 0. The van der Waals surface area contributed by atoms with E-state index in [1.54, 1.807) is 29.5 Å². The highest BCUT2D eigenvalue weighted by molar-refractivity contribution is 6.30. The van der Waals surface area contributed by atoms with Gasteiger partial charge in [-0.1, -0.05) is 11.6 Å². The van der Waals surface area contributed by atoms with E-state index in [4.69, 9.17) is 16.3 Å². The van der Waals surface area contributed by atoms with Gasteiger partial charge in [0.2, 0.25) is 0 Å². The number of ether oxygens (including phenoxy) is 1. The van der Waals surface area contributed by atoms with Gasteiger partial charge in [0, 0.05) is 18.8 Å². The molecule has 0 aliphatic rings. The van der Waals surface area contributed by atoms with Crippen molar-refractivity contribution in [3.63, 3.8) is 0 Å². The molecule has 2 heterocycles. The maximum Gasteiger partial charge on any atom is 0.341 e. The number of esters is 1. The average molecular weight is 283 g/mol. The molecular weight excluding hydrogens is 268 g/mol. The second kappa shape index (κ2) is 5.44. The zero-order valence-electron chi connectivity index (χ0n) is 11.1. The maximum absolute atomic E-state index is 11.5. The van der Waals surface area contributed by atoms with Gasteiger partial charge in [-0.15, -0.1) is 0 Å². The van der Waals surface area contributed by atoms with Gasteiger partial charge in [0.15, 0.2) is 0 Å². The molecule has 102 valence electrons. The molecule has 0 atom stereocenters. The molecule has 2 aromatic heterocycles. The smallest absolute Gasteiger partial charge is 0.341 e. The minimum atomic E-state index is -0.372. The second-order valence-electron chi connectivity index (χ2n) is 4.13. The highest BCUT2D eigenvalue weighted by atomic mass is 35.5. The predicted octanol–water partition coefficient (Wildman–Crippen LogP) is 1.80. The van der Waals surface area contributed by atoms with Gasteiger partial charge in [-0.3, -0.25) is 9.36 Å². The zero-order chi connectivity index (χ0) is 14.0. The lowest BCUT2D eigenvalue weighted by Gasteiger charge is -2.01. The van der Waals surface area contributed by atoms with E-state index < -0.39 is 0 Å². The van der Waals surface area contributed by atoms with Gasteiger partial charge < -0.3 is 4.74 Å². The highest BCUT2D eigenvalue weighted by Gasteiger charge is 2.14. The van der Waals surface area contributed by atoms with Crippen LogP contribution in [-0.4, -0.2) is 32.1 Å². The minimum Gasteiger partial charge on any atom is -0.462 e. The molecule has 0 saturated heterocycles. The van der Waals surface area contributed by atoms with Crippen LogP contribution in [0.25, 0.3) is 0 Å². The Kier molecular flexibility index (Phi) is 3.90. The number of rotatable bonds is 4. The molecule has 0 aromatic carbocycles. The molecule has 6 nitrogen and oxygen atoms in total. The first-order chi connectivity index (χ1) is 9.02. The first-order valence-electron chi connectivity index (χ1n) is 5.90. The molecule has 0 spiro atoms. The highest BCUT2D eigenvalue weighted by Crippen LogP contribution is 2.19. The summed E-state index contributed by atoms with van der Waals surface area (Å²) in [4.78, 5) is 11.5. The number of aryl methyl sites for hydroxylation is 2. The van der Waals surface area contributed by atoms with Crippen LogP contribution < -0.4 is 0 Å². The molecule has 0 saturated carbocycles. The topological polar surface area (TPSA) is 61.9 Å².